The Morgan fingerprint density at radius 1 is 1.18 bits per heavy atom. The van der Waals surface area contributed by atoms with Crippen molar-refractivity contribution in [2.45, 2.75) is 30.7 Å². The molecule has 1 saturated carbocycles. The molecule has 14 heteroatoms. The number of benzene rings is 2. The van der Waals surface area contributed by atoms with E-state index in [1.165, 1.54) is 25.0 Å². The number of aromatic nitrogens is 2. The minimum absolute atomic E-state index is 0.0603. The van der Waals surface area contributed by atoms with E-state index in [4.69, 9.17) is 14.2 Å². The Bertz CT molecular complexity index is 1450. The molecule has 0 radical (unpaired) electrons. The summed E-state index contributed by atoms with van der Waals surface area (Å²) in [5, 5.41) is 18.7. The Balaban J connectivity index is 1.81. The third-order valence-electron chi connectivity index (χ3n) is 5.75. The van der Waals surface area contributed by atoms with E-state index in [-0.39, 0.29) is 42.4 Å². The van der Waals surface area contributed by atoms with Crippen LogP contribution in [0.15, 0.2) is 47.4 Å². The molecule has 0 spiro atoms. The van der Waals surface area contributed by atoms with Crippen molar-refractivity contribution in [2.75, 3.05) is 27.4 Å². The van der Waals surface area contributed by atoms with Crippen molar-refractivity contribution in [3.05, 3.63) is 63.8 Å². The highest BCUT2D eigenvalue weighted by atomic mass is 32.2. The molecule has 0 aliphatic heterocycles. The number of non-ortho nitro benzene ring substituents is 1. The lowest BCUT2D eigenvalue weighted by molar-refractivity contribution is -0.385. The van der Waals surface area contributed by atoms with Crippen molar-refractivity contribution in [2.24, 2.45) is 0 Å². The van der Waals surface area contributed by atoms with Crippen LogP contribution in [0.25, 0.3) is 5.69 Å². The van der Waals surface area contributed by atoms with Crippen LogP contribution >= 0.6 is 0 Å². The molecule has 1 fully saturated rings. The SMILES string of the molecule is COCCNS(=O)(=O)c1cc([N+](=O)[O-])ccc1Oc1c(C)c(C(=O)NC2CC2)nn1-c1ccc(OC)cc1. The minimum atomic E-state index is -4.24. The van der Waals surface area contributed by atoms with Gasteiger partial charge in [-0.2, -0.15) is 9.78 Å². The van der Waals surface area contributed by atoms with Crippen molar-refractivity contribution in [1.29, 1.82) is 0 Å². The van der Waals surface area contributed by atoms with Gasteiger partial charge in [-0.25, -0.2) is 13.1 Å². The summed E-state index contributed by atoms with van der Waals surface area (Å²) in [4.78, 5) is 23.1. The Morgan fingerprint density at radius 2 is 1.89 bits per heavy atom. The van der Waals surface area contributed by atoms with E-state index in [0.717, 1.165) is 25.0 Å². The highest BCUT2D eigenvalue weighted by Gasteiger charge is 2.30. The number of carbonyl (C=O) groups excluding carboxylic acids is 1. The molecule has 3 aromatic rings. The fraction of sp³-hybridized carbons (Fsp3) is 0.333. The zero-order valence-corrected chi connectivity index (χ0v) is 21.8. The van der Waals surface area contributed by atoms with Gasteiger partial charge in [0.15, 0.2) is 5.69 Å². The highest BCUT2D eigenvalue weighted by Crippen LogP contribution is 2.36. The van der Waals surface area contributed by atoms with Crippen LogP contribution in [0, 0.1) is 17.0 Å². The first-order chi connectivity index (χ1) is 18.1. The zero-order chi connectivity index (χ0) is 27.4. The van der Waals surface area contributed by atoms with Gasteiger partial charge in [0.2, 0.25) is 15.9 Å². The summed E-state index contributed by atoms with van der Waals surface area (Å²) in [6, 6.07) is 10.1. The van der Waals surface area contributed by atoms with Crippen molar-refractivity contribution < 1.29 is 32.3 Å². The summed E-state index contributed by atoms with van der Waals surface area (Å²) in [6.07, 6.45) is 1.76. The Morgan fingerprint density at radius 3 is 2.50 bits per heavy atom. The lowest BCUT2D eigenvalue weighted by Crippen LogP contribution is -2.27. The lowest BCUT2D eigenvalue weighted by atomic mass is 10.2. The van der Waals surface area contributed by atoms with Crippen molar-refractivity contribution in [3.8, 4) is 23.1 Å². The zero-order valence-electron chi connectivity index (χ0n) is 21.0. The Kier molecular flexibility index (Phi) is 7.94. The molecular formula is C24H27N5O8S. The lowest BCUT2D eigenvalue weighted by Gasteiger charge is -2.14. The van der Waals surface area contributed by atoms with Crippen molar-refractivity contribution >= 4 is 21.6 Å². The quantitative estimate of drug-likeness (QED) is 0.198. The number of methoxy groups -OCH3 is 2. The number of nitro groups is 1. The number of rotatable bonds is 12. The fourth-order valence-corrected chi connectivity index (χ4v) is 4.72. The van der Waals surface area contributed by atoms with Gasteiger partial charge < -0.3 is 19.5 Å². The molecule has 1 heterocycles. The average molecular weight is 546 g/mol. The third-order valence-corrected chi connectivity index (χ3v) is 7.23. The van der Waals surface area contributed by atoms with Crippen LogP contribution in [0.4, 0.5) is 5.69 Å². The summed E-state index contributed by atoms with van der Waals surface area (Å²) in [6.45, 7) is 1.66. The van der Waals surface area contributed by atoms with Crippen LogP contribution in [-0.4, -0.2) is 62.4 Å². The smallest absolute Gasteiger partial charge is 0.272 e. The summed E-state index contributed by atoms with van der Waals surface area (Å²) in [5.41, 5.74) is 0.536. The standard InChI is InChI=1S/C24H27N5O8S/c1-15-22(23(30)26-16-4-5-16)27-28(17-6-9-19(36-3)10-7-17)24(15)37-20-11-8-18(29(31)32)14-21(20)38(33,34)25-12-13-35-2/h6-11,14,16,25H,4-5,12-13H2,1-3H3,(H,26,30). The van der Waals surface area contributed by atoms with Gasteiger partial charge >= 0.3 is 0 Å². The number of amides is 1. The molecule has 13 nitrogen and oxygen atoms in total. The van der Waals surface area contributed by atoms with Crippen LogP contribution in [0.5, 0.6) is 17.4 Å². The molecule has 4 rings (SSSR count). The average Bonchev–Trinajstić information content (AvgIpc) is 3.66. The molecule has 0 bridgehead atoms. The number of carbonyl (C=O) groups is 1. The van der Waals surface area contributed by atoms with E-state index in [1.807, 2.05) is 0 Å². The van der Waals surface area contributed by atoms with Gasteiger partial charge in [-0.3, -0.25) is 14.9 Å². The summed E-state index contributed by atoms with van der Waals surface area (Å²) in [5.74, 6) is 0.0864. The van der Waals surface area contributed by atoms with Gasteiger partial charge in [-0.05, 0) is 50.1 Å². The van der Waals surface area contributed by atoms with Gasteiger partial charge in [-0.1, -0.05) is 0 Å². The number of sulfonamides is 1. The van der Waals surface area contributed by atoms with Gasteiger partial charge in [0.1, 0.15) is 16.4 Å². The van der Waals surface area contributed by atoms with Crippen LogP contribution in [-0.2, 0) is 14.8 Å². The van der Waals surface area contributed by atoms with Crippen LogP contribution in [0.3, 0.4) is 0 Å². The second-order valence-corrected chi connectivity index (χ2v) is 10.3. The second-order valence-electron chi connectivity index (χ2n) is 8.52. The van der Waals surface area contributed by atoms with Crippen molar-refractivity contribution in [1.82, 2.24) is 19.8 Å². The summed E-state index contributed by atoms with van der Waals surface area (Å²) < 4.78 is 46.0. The van der Waals surface area contributed by atoms with Crippen LogP contribution in [0.1, 0.15) is 28.9 Å². The van der Waals surface area contributed by atoms with Crippen LogP contribution in [0.2, 0.25) is 0 Å². The van der Waals surface area contributed by atoms with Gasteiger partial charge in [0.05, 0.1) is 24.3 Å². The Hall–Kier alpha value is -4.01. The van der Waals surface area contributed by atoms with Crippen molar-refractivity contribution in [3.63, 3.8) is 0 Å². The largest absolute Gasteiger partial charge is 0.497 e. The van der Waals surface area contributed by atoms with E-state index >= 15 is 0 Å². The molecule has 1 aromatic heterocycles. The first-order valence-electron chi connectivity index (χ1n) is 11.6. The summed E-state index contributed by atoms with van der Waals surface area (Å²) >= 11 is 0. The molecule has 2 aromatic carbocycles. The van der Waals surface area contributed by atoms with E-state index in [9.17, 15) is 23.3 Å². The van der Waals surface area contributed by atoms with Gasteiger partial charge in [-0.15, -0.1) is 0 Å². The minimum Gasteiger partial charge on any atom is -0.497 e. The molecule has 0 saturated heterocycles. The monoisotopic (exact) mass is 545 g/mol. The van der Waals surface area contributed by atoms with Gasteiger partial charge in [0.25, 0.3) is 11.6 Å². The number of ether oxygens (including phenoxy) is 3. The maximum Gasteiger partial charge on any atom is 0.272 e. The molecule has 38 heavy (non-hydrogen) atoms. The first-order valence-corrected chi connectivity index (χ1v) is 13.1. The molecule has 202 valence electrons. The molecule has 1 aliphatic carbocycles. The fourth-order valence-electron chi connectivity index (χ4n) is 3.56. The summed E-state index contributed by atoms with van der Waals surface area (Å²) in [7, 11) is -1.30. The maximum atomic E-state index is 13.1. The number of nitro benzene ring substituents is 1. The van der Waals surface area contributed by atoms with E-state index in [0.29, 0.717) is 17.0 Å². The first kappa shape index (κ1) is 27.0. The number of hydrogen-bond donors (Lipinski definition) is 2. The number of hydrogen-bond acceptors (Lipinski definition) is 9. The molecule has 0 atom stereocenters. The molecular weight excluding hydrogens is 518 g/mol. The van der Waals surface area contributed by atoms with E-state index in [1.54, 1.807) is 31.2 Å². The predicted octanol–water partition coefficient (Wildman–Crippen LogP) is 2.71. The normalized spacial score (nSPS) is 13.2. The van der Waals surface area contributed by atoms with Gasteiger partial charge in [0, 0.05) is 37.4 Å². The third kappa shape index (κ3) is 5.93. The van der Waals surface area contributed by atoms with E-state index < -0.39 is 25.5 Å². The molecule has 2 N–H and O–H groups in total. The second kappa shape index (κ2) is 11.2. The number of nitrogens with zero attached hydrogens (tertiary/aromatic N) is 3. The number of nitrogens with one attached hydrogen (secondary N) is 2. The molecule has 1 amide bonds. The predicted molar refractivity (Wildman–Crippen MR) is 136 cm³/mol. The van der Waals surface area contributed by atoms with Crippen LogP contribution < -0.4 is 19.5 Å². The molecule has 0 unspecified atom stereocenters. The maximum absolute atomic E-state index is 13.1. The Labute approximate surface area is 218 Å². The topological polar surface area (TPSA) is 164 Å². The highest BCUT2D eigenvalue weighted by molar-refractivity contribution is 7.89. The molecule has 1 aliphatic rings. The van der Waals surface area contributed by atoms with E-state index in [2.05, 4.69) is 15.1 Å².